The van der Waals surface area contributed by atoms with Crippen molar-refractivity contribution in [3.8, 4) is 0 Å². The number of piperidine rings is 3. The molecule has 1 aliphatic carbocycles. The van der Waals surface area contributed by atoms with Crippen molar-refractivity contribution >= 4 is 17.2 Å². The van der Waals surface area contributed by atoms with Gasteiger partial charge in [0.15, 0.2) is 0 Å². The third-order valence-corrected chi connectivity index (χ3v) is 5.55. The van der Waals surface area contributed by atoms with Gasteiger partial charge < -0.3 is 4.90 Å². The van der Waals surface area contributed by atoms with Crippen LogP contribution in [0, 0.1) is 5.92 Å². The van der Waals surface area contributed by atoms with E-state index in [1.54, 1.807) is 0 Å². The molecule has 1 aromatic rings. The van der Waals surface area contributed by atoms with Crippen molar-refractivity contribution in [1.29, 1.82) is 0 Å². The number of aromatic nitrogens is 3. The first-order chi connectivity index (χ1) is 10.3. The summed E-state index contributed by atoms with van der Waals surface area (Å²) in [6, 6.07) is 0.520. The highest BCUT2D eigenvalue weighted by Crippen LogP contribution is 2.35. The SMILES string of the molecule is ClCC1=CC=C(c2cn(C3CN4CCC3CC4)nn2)CC1. The topological polar surface area (TPSA) is 34.0 Å². The monoisotopic (exact) mass is 304 g/mol. The molecule has 0 radical (unpaired) electrons. The van der Waals surface area contributed by atoms with Gasteiger partial charge in [0, 0.05) is 12.4 Å². The Morgan fingerprint density at radius 2 is 2.05 bits per heavy atom. The summed E-state index contributed by atoms with van der Waals surface area (Å²) < 4.78 is 2.12. The lowest BCUT2D eigenvalue weighted by molar-refractivity contribution is 0.0504. The Morgan fingerprint density at radius 3 is 2.67 bits per heavy atom. The second-order valence-corrected chi connectivity index (χ2v) is 6.71. The maximum atomic E-state index is 5.88. The van der Waals surface area contributed by atoms with Crippen LogP contribution in [0.15, 0.2) is 23.9 Å². The number of nitrogens with zero attached hydrogens (tertiary/aromatic N) is 4. The minimum absolute atomic E-state index is 0.520. The van der Waals surface area contributed by atoms with Crippen LogP contribution in [0.2, 0.25) is 0 Å². The molecule has 3 aliphatic heterocycles. The molecule has 4 aliphatic rings. The molecule has 4 nitrogen and oxygen atoms in total. The predicted molar refractivity (Wildman–Crippen MR) is 84.2 cm³/mol. The highest BCUT2D eigenvalue weighted by atomic mass is 35.5. The van der Waals surface area contributed by atoms with Crippen molar-refractivity contribution in [1.82, 2.24) is 19.9 Å². The molecule has 1 unspecified atom stereocenters. The lowest BCUT2D eigenvalue weighted by Gasteiger charge is -2.44. The molecule has 1 atom stereocenters. The minimum Gasteiger partial charge on any atom is -0.301 e. The van der Waals surface area contributed by atoms with Crippen LogP contribution in [-0.4, -0.2) is 45.4 Å². The van der Waals surface area contributed by atoms with E-state index in [2.05, 4.69) is 38.2 Å². The highest BCUT2D eigenvalue weighted by molar-refractivity contribution is 6.19. The third kappa shape index (κ3) is 2.55. The Balaban J connectivity index is 1.54. The van der Waals surface area contributed by atoms with E-state index in [-0.39, 0.29) is 0 Å². The second-order valence-electron chi connectivity index (χ2n) is 6.44. The standard InChI is InChI=1S/C16H21ClN4/c17-9-12-1-3-13(4-2-12)15-10-21(19-18-15)16-11-20-7-5-14(16)6-8-20/h1,3,10,14,16H,2,4-9,11H2. The smallest absolute Gasteiger partial charge is 0.109 e. The van der Waals surface area contributed by atoms with Crippen LogP contribution in [0.4, 0.5) is 0 Å². The molecule has 0 aromatic carbocycles. The minimum atomic E-state index is 0.520. The van der Waals surface area contributed by atoms with Gasteiger partial charge in [-0.05, 0) is 50.3 Å². The van der Waals surface area contributed by atoms with Gasteiger partial charge in [0.2, 0.25) is 0 Å². The number of alkyl halides is 1. The average molecular weight is 305 g/mol. The summed E-state index contributed by atoms with van der Waals surface area (Å²) in [5, 5.41) is 8.84. The van der Waals surface area contributed by atoms with Crippen LogP contribution in [0.25, 0.3) is 5.57 Å². The lowest BCUT2D eigenvalue weighted by Crippen LogP contribution is -2.48. The van der Waals surface area contributed by atoms with E-state index in [0.29, 0.717) is 11.9 Å². The van der Waals surface area contributed by atoms with Gasteiger partial charge in [-0.1, -0.05) is 22.9 Å². The number of rotatable bonds is 3. The van der Waals surface area contributed by atoms with Gasteiger partial charge in [0.05, 0.1) is 12.2 Å². The van der Waals surface area contributed by atoms with Gasteiger partial charge in [0.25, 0.3) is 0 Å². The van der Waals surface area contributed by atoms with E-state index in [4.69, 9.17) is 11.6 Å². The number of halogens is 1. The fraction of sp³-hybridized carbons (Fsp3) is 0.625. The molecular formula is C16H21ClN4. The summed E-state index contributed by atoms with van der Waals surface area (Å²) in [6.07, 6.45) is 11.1. The van der Waals surface area contributed by atoms with E-state index in [1.165, 1.54) is 37.1 Å². The highest BCUT2D eigenvalue weighted by Gasteiger charge is 2.35. The molecule has 2 bridgehead atoms. The van der Waals surface area contributed by atoms with Crippen molar-refractivity contribution in [2.75, 3.05) is 25.5 Å². The van der Waals surface area contributed by atoms with Crippen LogP contribution < -0.4 is 0 Å². The van der Waals surface area contributed by atoms with Crippen molar-refractivity contribution in [2.24, 2.45) is 5.92 Å². The Hall–Kier alpha value is -1.13. The van der Waals surface area contributed by atoms with Crippen LogP contribution in [-0.2, 0) is 0 Å². The summed E-state index contributed by atoms with van der Waals surface area (Å²) in [7, 11) is 0. The zero-order valence-corrected chi connectivity index (χ0v) is 13.0. The first-order valence-electron chi connectivity index (χ1n) is 7.92. The van der Waals surface area contributed by atoms with Gasteiger partial charge in [-0.3, -0.25) is 0 Å². The molecule has 0 saturated carbocycles. The lowest BCUT2D eigenvalue weighted by atomic mass is 9.84. The Labute approximate surface area is 130 Å². The molecule has 4 heterocycles. The number of hydrogen-bond acceptors (Lipinski definition) is 3. The third-order valence-electron chi connectivity index (χ3n) is 5.21. The molecule has 3 fully saturated rings. The molecular weight excluding hydrogens is 284 g/mol. The van der Waals surface area contributed by atoms with Gasteiger partial charge in [-0.25, -0.2) is 4.68 Å². The Kier molecular flexibility index (Phi) is 3.59. The maximum Gasteiger partial charge on any atom is 0.109 e. The van der Waals surface area contributed by atoms with E-state index in [9.17, 15) is 0 Å². The summed E-state index contributed by atoms with van der Waals surface area (Å²) in [5.41, 5.74) is 3.64. The number of fused-ring (bicyclic) bond motifs is 3. The fourth-order valence-electron chi connectivity index (χ4n) is 3.82. The van der Waals surface area contributed by atoms with E-state index in [0.717, 1.165) is 31.0 Å². The van der Waals surface area contributed by atoms with Crippen LogP contribution in [0.3, 0.4) is 0 Å². The molecule has 112 valence electrons. The van der Waals surface area contributed by atoms with E-state index >= 15 is 0 Å². The van der Waals surface area contributed by atoms with Crippen LogP contribution >= 0.6 is 11.6 Å². The fourth-order valence-corrected chi connectivity index (χ4v) is 4.05. The van der Waals surface area contributed by atoms with Gasteiger partial charge >= 0.3 is 0 Å². The summed E-state index contributed by atoms with van der Waals surface area (Å²) in [6.45, 7) is 3.67. The molecule has 21 heavy (non-hydrogen) atoms. The van der Waals surface area contributed by atoms with Crippen LogP contribution in [0.5, 0.6) is 0 Å². The van der Waals surface area contributed by atoms with Crippen molar-refractivity contribution in [3.05, 3.63) is 29.6 Å². The zero-order valence-electron chi connectivity index (χ0n) is 12.2. The molecule has 3 saturated heterocycles. The van der Waals surface area contributed by atoms with Crippen LogP contribution in [0.1, 0.15) is 37.4 Å². The molecule has 0 spiro atoms. The molecule has 0 N–H and O–H groups in total. The largest absolute Gasteiger partial charge is 0.301 e. The number of allylic oxidation sites excluding steroid dienone is 4. The molecule has 1 aromatic heterocycles. The van der Waals surface area contributed by atoms with Gasteiger partial charge in [0.1, 0.15) is 5.69 Å². The van der Waals surface area contributed by atoms with Crippen molar-refractivity contribution < 1.29 is 0 Å². The van der Waals surface area contributed by atoms with Gasteiger partial charge in [-0.2, -0.15) is 0 Å². The van der Waals surface area contributed by atoms with Gasteiger partial charge in [-0.15, -0.1) is 16.7 Å². The summed E-state index contributed by atoms with van der Waals surface area (Å²) in [4.78, 5) is 2.56. The second kappa shape index (κ2) is 5.58. The maximum absolute atomic E-state index is 5.88. The Morgan fingerprint density at radius 1 is 1.19 bits per heavy atom. The van der Waals surface area contributed by atoms with Crippen molar-refractivity contribution in [3.63, 3.8) is 0 Å². The van der Waals surface area contributed by atoms with Crippen molar-refractivity contribution in [2.45, 2.75) is 31.7 Å². The Bertz CT molecular complexity index is 581. The molecule has 0 amide bonds. The average Bonchev–Trinajstić information content (AvgIpc) is 3.06. The first kappa shape index (κ1) is 13.5. The number of hydrogen-bond donors (Lipinski definition) is 0. The zero-order chi connectivity index (χ0) is 14.2. The quantitative estimate of drug-likeness (QED) is 0.805. The first-order valence-corrected chi connectivity index (χ1v) is 8.46. The molecule has 5 heteroatoms. The van der Waals surface area contributed by atoms with E-state index in [1.807, 2.05) is 0 Å². The predicted octanol–water partition coefficient (Wildman–Crippen LogP) is 2.89. The summed E-state index contributed by atoms with van der Waals surface area (Å²) >= 11 is 5.88. The summed E-state index contributed by atoms with van der Waals surface area (Å²) in [5.74, 6) is 1.42. The molecule has 5 rings (SSSR count). The van der Waals surface area contributed by atoms with E-state index < -0.39 is 0 Å². The normalized spacial score (nSPS) is 32.0.